The molecule has 1 aromatic heterocycles. The number of alkyl halides is 1. The fraction of sp³-hybridized carbons (Fsp3) is 0.471. The highest BCUT2D eigenvalue weighted by atomic mass is 35.5. The van der Waals surface area contributed by atoms with Gasteiger partial charge in [-0.2, -0.15) is 4.98 Å². The number of aromatic nitrogens is 1. The molecule has 0 aliphatic heterocycles. The smallest absolute Gasteiger partial charge is 0.281 e. The normalized spacial score (nSPS) is 11.5. The van der Waals surface area contributed by atoms with E-state index in [1.807, 2.05) is 24.8 Å². The number of hydrogen-bond donors (Lipinski definition) is 1. The molecule has 2 aromatic rings. The Labute approximate surface area is 150 Å². The second-order valence-electron chi connectivity index (χ2n) is 6.16. The summed E-state index contributed by atoms with van der Waals surface area (Å²) in [5, 5.41) is 4.05. The topological polar surface area (TPSA) is 62.3 Å². The first-order valence-electron chi connectivity index (χ1n) is 7.89. The van der Waals surface area contributed by atoms with Crippen LogP contribution in [0.1, 0.15) is 27.7 Å². The molecule has 0 bridgehead atoms. The molecule has 0 radical (unpaired) electrons. The van der Waals surface area contributed by atoms with Gasteiger partial charge in [-0.25, -0.2) is 0 Å². The number of hydrogen-bond acceptors (Lipinski definition) is 5. The van der Waals surface area contributed by atoms with Crippen LogP contribution in [-0.2, 0) is 4.79 Å². The highest BCUT2D eigenvalue weighted by Gasteiger charge is 2.26. The van der Waals surface area contributed by atoms with Crippen molar-refractivity contribution in [3.8, 4) is 0 Å². The Morgan fingerprint density at radius 3 is 2.58 bits per heavy atom. The SMILES string of the molecule is CCN(CC)c1nc(=O)c2cc(NC(=O)C(C)(C)CCl)ccc2s1. The van der Waals surface area contributed by atoms with E-state index < -0.39 is 5.41 Å². The fourth-order valence-corrected chi connectivity index (χ4v) is 3.35. The Morgan fingerprint density at radius 1 is 1.33 bits per heavy atom. The first-order valence-corrected chi connectivity index (χ1v) is 9.24. The summed E-state index contributed by atoms with van der Waals surface area (Å²) in [5.74, 6) is 0.0384. The van der Waals surface area contributed by atoms with E-state index in [4.69, 9.17) is 11.6 Å². The van der Waals surface area contributed by atoms with E-state index in [1.165, 1.54) is 11.3 Å². The maximum Gasteiger partial charge on any atom is 0.281 e. The van der Waals surface area contributed by atoms with Crippen LogP contribution in [0.2, 0.25) is 0 Å². The molecule has 0 aliphatic carbocycles. The van der Waals surface area contributed by atoms with Gasteiger partial charge in [0, 0.05) is 29.4 Å². The van der Waals surface area contributed by atoms with Gasteiger partial charge in [-0.3, -0.25) is 9.59 Å². The summed E-state index contributed by atoms with van der Waals surface area (Å²) in [5.41, 5.74) is -0.379. The van der Waals surface area contributed by atoms with Gasteiger partial charge in [-0.1, -0.05) is 11.3 Å². The van der Waals surface area contributed by atoms with E-state index in [0.717, 1.165) is 22.9 Å². The third-order valence-corrected chi connectivity index (χ3v) is 5.63. The zero-order valence-corrected chi connectivity index (χ0v) is 15.9. The summed E-state index contributed by atoms with van der Waals surface area (Å²) in [6.07, 6.45) is 0. The van der Waals surface area contributed by atoms with Gasteiger partial charge in [0.2, 0.25) is 5.91 Å². The summed E-state index contributed by atoms with van der Waals surface area (Å²) >= 11 is 7.30. The number of halogens is 1. The molecule has 0 spiro atoms. The zero-order chi connectivity index (χ0) is 17.9. The fourth-order valence-electron chi connectivity index (χ4n) is 2.12. The molecule has 130 valence electrons. The van der Waals surface area contributed by atoms with Crippen molar-refractivity contribution in [2.75, 3.05) is 29.2 Å². The monoisotopic (exact) mass is 367 g/mol. The maximum absolute atomic E-state index is 12.4. The highest BCUT2D eigenvalue weighted by Crippen LogP contribution is 2.27. The van der Waals surface area contributed by atoms with E-state index in [-0.39, 0.29) is 17.3 Å². The number of benzene rings is 1. The Kier molecular flexibility index (Phi) is 5.83. The summed E-state index contributed by atoms with van der Waals surface area (Å²) in [7, 11) is 0. The van der Waals surface area contributed by atoms with Crippen molar-refractivity contribution >= 4 is 49.7 Å². The second-order valence-corrected chi connectivity index (χ2v) is 7.43. The van der Waals surface area contributed by atoms with Crippen molar-refractivity contribution in [3.05, 3.63) is 28.6 Å². The van der Waals surface area contributed by atoms with Gasteiger partial charge in [0.15, 0.2) is 5.13 Å². The minimum atomic E-state index is -0.676. The molecule has 1 amide bonds. The molecule has 0 saturated carbocycles. The predicted molar refractivity (Wildman–Crippen MR) is 103 cm³/mol. The van der Waals surface area contributed by atoms with Crippen molar-refractivity contribution in [2.24, 2.45) is 5.41 Å². The number of amides is 1. The van der Waals surface area contributed by atoms with Crippen LogP contribution in [0.4, 0.5) is 10.8 Å². The van der Waals surface area contributed by atoms with Gasteiger partial charge in [0.05, 0.1) is 10.8 Å². The molecular formula is C17H22ClN3O2S. The number of nitrogens with zero attached hydrogens (tertiary/aromatic N) is 2. The zero-order valence-electron chi connectivity index (χ0n) is 14.4. The molecule has 7 heteroatoms. The van der Waals surface area contributed by atoms with Crippen molar-refractivity contribution in [2.45, 2.75) is 27.7 Å². The molecule has 1 heterocycles. The van der Waals surface area contributed by atoms with E-state index >= 15 is 0 Å². The summed E-state index contributed by atoms with van der Waals surface area (Å²) < 4.78 is 0.853. The van der Waals surface area contributed by atoms with Crippen LogP contribution in [0, 0.1) is 5.41 Å². The minimum absolute atomic E-state index is 0.180. The molecule has 5 nitrogen and oxygen atoms in total. The van der Waals surface area contributed by atoms with Crippen LogP contribution in [0.25, 0.3) is 10.1 Å². The second kappa shape index (κ2) is 7.49. The van der Waals surface area contributed by atoms with Gasteiger partial charge in [0.1, 0.15) is 0 Å². The predicted octanol–water partition coefficient (Wildman–Crippen LogP) is 3.71. The van der Waals surface area contributed by atoms with Crippen LogP contribution in [0.5, 0.6) is 0 Å². The molecule has 24 heavy (non-hydrogen) atoms. The van der Waals surface area contributed by atoms with Crippen LogP contribution in [0.15, 0.2) is 23.0 Å². The van der Waals surface area contributed by atoms with Gasteiger partial charge in [-0.15, -0.1) is 11.6 Å². The number of rotatable bonds is 6. The minimum Gasteiger partial charge on any atom is -0.349 e. The van der Waals surface area contributed by atoms with Crippen molar-refractivity contribution in [1.29, 1.82) is 0 Å². The van der Waals surface area contributed by atoms with Crippen LogP contribution in [0.3, 0.4) is 0 Å². The number of nitrogens with one attached hydrogen (secondary N) is 1. The summed E-state index contributed by atoms with van der Waals surface area (Å²) in [4.78, 5) is 30.8. The molecule has 1 N–H and O–H groups in total. The van der Waals surface area contributed by atoms with Crippen LogP contribution < -0.4 is 15.8 Å². The average molecular weight is 368 g/mol. The standard InChI is InChI=1S/C17H22ClN3O2S/c1-5-21(6-2)16-20-14(22)12-9-11(7-8-13(12)24-16)19-15(23)17(3,4)10-18/h7-9H,5-6,10H2,1-4H3,(H,19,23). The third-order valence-electron chi connectivity index (χ3n) is 3.85. The van der Waals surface area contributed by atoms with Gasteiger partial charge in [0.25, 0.3) is 5.56 Å². The van der Waals surface area contributed by atoms with Gasteiger partial charge in [-0.05, 0) is 45.9 Å². The van der Waals surface area contributed by atoms with Crippen molar-refractivity contribution < 1.29 is 4.79 Å². The van der Waals surface area contributed by atoms with E-state index in [1.54, 1.807) is 26.0 Å². The maximum atomic E-state index is 12.4. The quantitative estimate of drug-likeness (QED) is 0.790. The lowest BCUT2D eigenvalue weighted by molar-refractivity contribution is -0.122. The van der Waals surface area contributed by atoms with Gasteiger partial charge >= 0.3 is 0 Å². The Morgan fingerprint density at radius 2 is 2.00 bits per heavy atom. The molecule has 0 atom stereocenters. The first kappa shape index (κ1) is 18.7. The first-order chi connectivity index (χ1) is 11.3. The summed E-state index contributed by atoms with van der Waals surface area (Å²) in [6.45, 7) is 9.21. The van der Waals surface area contributed by atoms with Crippen molar-refractivity contribution in [3.63, 3.8) is 0 Å². The largest absolute Gasteiger partial charge is 0.349 e. The highest BCUT2D eigenvalue weighted by molar-refractivity contribution is 7.21. The lowest BCUT2D eigenvalue weighted by Crippen LogP contribution is -2.32. The lowest BCUT2D eigenvalue weighted by Gasteiger charge is -2.20. The molecule has 1 aromatic carbocycles. The lowest BCUT2D eigenvalue weighted by atomic mass is 9.95. The Balaban J connectivity index is 2.39. The molecule has 0 unspecified atom stereocenters. The van der Waals surface area contributed by atoms with Crippen LogP contribution in [-0.4, -0.2) is 29.9 Å². The van der Waals surface area contributed by atoms with E-state index in [0.29, 0.717) is 11.1 Å². The number of anilines is 2. The van der Waals surface area contributed by atoms with Crippen LogP contribution >= 0.6 is 22.9 Å². The van der Waals surface area contributed by atoms with E-state index in [9.17, 15) is 9.59 Å². The van der Waals surface area contributed by atoms with Gasteiger partial charge < -0.3 is 10.2 Å². The molecule has 0 aliphatic rings. The third kappa shape index (κ3) is 3.87. The molecule has 0 saturated heterocycles. The average Bonchev–Trinajstić information content (AvgIpc) is 2.56. The Bertz CT molecular complexity index is 800. The van der Waals surface area contributed by atoms with E-state index in [2.05, 4.69) is 10.3 Å². The number of carbonyl (C=O) groups excluding carboxylic acids is 1. The number of fused-ring (bicyclic) bond motifs is 1. The molecular weight excluding hydrogens is 346 g/mol. The Hall–Kier alpha value is -1.66. The number of carbonyl (C=O) groups is 1. The summed E-state index contributed by atoms with van der Waals surface area (Å²) in [6, 6.07) is 5.32. The van der Waals surface area contributed by atoms with Crippen molar-refractivity contribution in [1.82, 2.24) is 4.98 Å². The molecule has 2 rings (SSSR count). The molecule has 0 fully saturated rings.